The van der Waals surface area contributed by atoms with Crippen molar-refractivity contribution in [3.8, 4) is 5.75 Å². The molecule has 0 saturated heterocycles. The van der Waals surface area contributed by atoms with E-state index >= 15 is 0 Å². The molecule has 0 aliphatic carbocycles. The average molecular weight is 275 g/mol. The minimum atomic E-state index is -0.378. The first kappa shape index (κ1) is 12.7. The molecule has 0 spiro atoms. The van der Waals surface area contributed by atoms with Gasteiger partial charge in [0.1, 0.15) is 5.75 Å². The van der Waals surface area contributed by atoms with Gasteiger partial charge in [0.05, 0.1) is 13.0 Å². The van der Waals surface area contributed by atoms with Gasteiger partial charge in [0.2, 0.25) is 0 Å². The van der Waals surface area contributed by atoms with Crippen LogP contribution in [0.4, 0.5) is 0 Å². The molecule has 0 bridgehead atoms. The van der Waals surface area contributed by atoms with Crippen LogP contribution < -0.4 is 0 Å². The van der Waals surface area contributed by atoms with Crippen molar-refractivity contribution in [3.05, 3.63) is 65.2 Å². The Morgan fingerprint density at radius 2 is 1.65 bits per heavy atom. The molecule has 0 aliphatic rings. The zero-order chi connectivity index (χ0) is 16.5. The van der Waals surface area contributed by atoms with Crippen molar-refractivity contribution in [2.75, 3.05) is 0 Å². The molecule has 20 heavy (non-hydrogen) atoms. The van der Waals surface area contributed by atoms with Crippen LogP contribution in [0.1, 0.15) is 19.7 Å². The monoisotopic (exact) mass is 275 g/mol. The molecule has 0 saturated carbocycles. The van der Waals surface area contributed by atoms with Gasteiger partial charge in [-0.15, -0.1) is 0 Å². The molecule has 0 atom stereocenters. The van der Waals surface area contributed by atoms with Gasteiger partial charge < -0.3 is 5.11 Å². The first-order valence-corrected chi connectivity index (χ1v) is 6.37. The lowest BCUT2D eigenvalue weighted by Crippen LogP contribution is -2.28. The molecule has 2 N–H and O–H groups in total. The van der Waals surface area contributed by atoms with Crippen molar-refractivity contribution in [3.63, 3.8) is 0 Å². The Morgan fingerprint density at radius 1 is 1.10 bits per heavy atom. The lowest BCUT2D eigenvalue weighted by atomic mass is 10.1. The van der Waals surface area contributed by atoms with E-state index in [-0.39, 0.29) is 24.6 Å². The summed E-state index contributed by atoms with van der Waals surface area (Å²) in [6, 6.07) is 14.0. The van der Waals surface area contributed by atoms with E-state index in [0.29, 0.717) is 0 Å². The van der Waals surface area contributed by atoms with Crippen LogP contribution in [0, 0.1) is 6.92 Å². The van der Waals surface area contributed by atoms with Crippen LogP contribution in [0.5, 0.6) is 5.75 Å². The van der Waals surface area contributed by atoms with Crippen molar-refractivity contribution in [1.82, 2.24) is 5.06 Å². The van der Waals surface area contributed by atoms with E-state index in [9.17, 15) is 15.1 Å². The van der Waals surface area contributed by atoms with E-state index in [1.54, 1.807) is 12.1 Å². The van der Waals surface area contributed by atoms with Gasteiger partial charge in [-0.05, 0) is 30.2 Å². The maximum atomic E-state index is 11.9. The summed E-state index contributed by atoms with van der Waals surface area (Å²) in [5, 5.41) is 19.7. The van der Waals surface area contributed by atoms with Gasteiger partial charge in [-0.1, -0.05) is 42.0 Å². The van der Waals surface area contributed by atoms with Gasteiger partial charge >= 0.3 is 0 Å². The third-order valence-electron chi connectivity index (χ3n) is 3.03. The lowest BCUT2D eigenvalue weighted by molar-refractivity contribution is -0.167. The fourth-order valence-corrected chi connectivity index (χ4v) is 1.83. The minimum absolute atomic E-state index is 0.0998. The highest BCUT2D eigenvalue weighted by molar-refractivity contribution is 5.77. The second-order valence-electron chi connectivity index (χ2n) is 4.78. The maximum absolute atomic E-state index is 11.9. The van der Waals surface area contributed by atoms with Crippen LogP contribution in [-0.2, 0) is 17.8 Å². The predicted molar refractivity (Wildman–Crippen MR) is 77.4 cm³/mol. The minimum Gasteiger partial charge on any atom is -0.508 e. The Labute approximate surface area is 120 Å². The third-order valence-corrected chi connectivity index (χ3v) is 3.03. The number of amides is 1. The number of phenols is 1. The van der Waals surface area contributed by atoms with Crippen molar-refractivity contribution in [1.29, 1.82) is 0 Å². The largest absolute Gasteiger partial charge is 0.508 e. The highest BCUT2D eigenvalue weighted by Gasteiger charge is 2.12. The van der Waals surface area contributed by atoms with Crippen molar-refractivity contribution in [2.24, 2.45) is 0 Å². The normalized spacial score (nSPS) is 10.7. The third kappa shape index (κ3) is 3.83. The maximum Gasteiger partial charge on any atom is 0.250 e. The van der Waals surface area contributed by atoms with E-state index in [0.717, 1.165) is 21.8 Å². The highest BCUT2D eigenvalue weighted by atomic mass is 16.5. The number of nitrogens with zero attached hydrogens (tertiary/aromatic N) is 1. The first-order chi connectivity index (χ1) is 10.5. The molecule has 4 nitrogen and oxygen atoms in total. The van der Waals surface area contributed by atoms with Crippen LogP contribution in [0.3, 0.4) is 0 Å². The predicted octanol–water partition coefficient (Wildman–Crippen LogP) is 2.91. The fourth-order valence-electron chi connectivity index (χ4n) is 1.83. The Bertz CT molecular complexity index is 585. The van der Waals surface area contributed by atoms with E-state index in [1.807, 2.05) is 31.2 Å². The number of hydroxylamine groups is 2. The molecule has 0 fully saturated rings. The first-order valence-electron chi connectivity index (χ1n) is 7.37. The molecule has 2 rings (SSSR count). The van der Waals surface area contributed by atoms with Crippen LogP contribution >= 0.6 is 0 Å². The van der Waals surface area contributed by atoms with Crippen LogP contribution in [-0.4, -0.2) is 21.3 Å². The van der Waals surface area contributed by atoms with Gasteiger partial charge in [0.15, 0.2) is 0 Å². The molecule has 0 aliphatic heterocycles. The number of rotatable bonds is 4. The molecule has 0 aromatic heterocycles. The number of phenolic OH excluding ortho intramolecular Hbond substituents is 1. The molecule has 2 aromatic carbocycles. The fraction of sp³-hybridized carbons (Fsp3) is 0.188. The zero-order valence-electron chi connectivity index (χ0n) is 13.3. The van der Waals surface area contributed by atoms with Gasteiger partial charge in [-0.25, -0.2) is 5.06 Å². The van der Waals surface area contributed by atoms with Gasteiger partial charge in [-0.3, -0.25) is 10.0 Å². The summed E-state index contributed by atoms with van der Waals surface area (Å²) in [6.45, 7) is 2.15. The Kier molecular flexibility index (Phi) is 3.94. The van der Waals surface area contributed by atoms with E-state index < -0.39 is 0 Å². The van der Waals surface area contributed by atoms with Crippen molar-refractivity contribution >= 4 is 5.91 Å². The Hall–Kier alpha value is -2.33. The topological polar surface area (TPSA) is 60.8 Å². The van der Waals surface area contributed by atoms with E-state index in [4.69, 9.17) is 2.97 Å². The molecule has 106 valence electrons. The van der Waals surface area contributed by atoms with Crippen LogP contribution in [0.25, 0.3) is 0 Å². The Morgan fingerprint density at radius 3 is 2.25 bits per heavy atom. The highest BCUT2D eigenvalue weighted by Crippen LogP contribution is 2.12. The summed E-state index contributed by atoms with van der Waals surface area (Å²) in [6.07, 6.45) is 0.0998. The smallest absolute Gasteiger partial charge is 0.250 e. The SMILES string of the molecule is Cc1ccc(CN(O)C(=O)Cc2ccc(O)cc2)cc1.[2H][2H]. The number of benzene rings is 2. The number of carbonyl (C=O) groups excluding carboxylic acids is 1. The summed E-state index contributed by atoms with van der Waals surface area (Å²) in [5.74, 6) is -0.224. The quantitative estimate of drug-likeness (QED) is 0.666. The number of hydrogen-bond donors (Lipinski definition) is 2. The van der Waals surface area contributed by atoms with Gasteiger partial charge in [-0.2, -0.15) is 0 Å². The summed E-state index contributed by atoms with van der Waals surface area (Å²) in [5.41, 5.74) is 2.75. The molecular formula is C16H19NO3. The molecule has 2 aromatic rings. The van der Waals surface area contributed by atoms with E-state index in [2.05, 4.69) is 0 Å². The lowest BCUT2D eigenvalue weighted by Gasteiger charge is -2.15. The number of carbonyl (C=O) groups is 1. The van der Waals surface area contributed by atoms with Crippen LogP contribution in [0.15, 0.2) is 48.5 Å². The molecule has 1 amide bonds. The summed E-state index contributed by atoms with van der Waals surface area (Å²) >= 11 is 0. The summed E-state index contributed by atoms with van der Waals surface area (Å²) < 4.78 is 10.0. The zero-order valence-corrected chi connectivity index (χ0v) is 11.3. The molecule has 0 unspecified atom stereocenters. The summed E-state index contributed by atoms with van der Waals surface area (Å²) in [4.78, 5) is 11.9. The Balaban J connectivity index is 0.00000116. The standard InChI is InChI=1S/C16H17NO3.H2/c1-12-2-4-14(5-3-12)11-17(20)16(19)10-13-6-8-15(18)9-7-13;/h2-9,18,20H,10-11H2,1H3;1H/i;1+1D. The van der Waals surface area contributed by atoms with Crippen LogP contribution in [0.2, 0.25) is 0 Å². The van der Waals surface area contributed by atoms with Gasteiger partial charge in [0, 0.05) is 2.97 Å². The second kappa shape index (κ2) is 6.21. The summed E-state index contributed by atoms with van der Waals surface area (Å²) in [7, 11) is 0. The number of aromatic hydroxyl groups is 1. The second-order valence-corrected chi connectivity index (χ2v) is 4.78. The average Bonchev–Trinajstić information content (AvgIpc) is 2.53. The van der Waals surface area contributed by atoms with Crippen molar-refractivity contribution < 1.29 is 18.1 Å². The number of aryl methyl sites for hydroxylation is 1. The van der Waals surface area contributed by atoms with E-state index in [1.165, 1.54) is 12.1 Å². The van der Waals surface area contributed by atoms with Gasteiger partial charge in [0.25, 0.3) is 5.91 Å². The molecule has 4 heteroatoms. The number of hydrogen-bond acceptors (Lipinski definition) is 3. The molecular weight excluding hydrogens is 254 g/mol. The molecule has 0 radical (unpaired) electrons. The van der Waals surface area contributed by atoms with Crippen molar-refractivity contribution in [2.45, 2.75) is 19.9 Å². The molecule has 0 heterocycles.